The zero-order valence-electron chi connectivity index (χ0n) is 7.59. The summed E-state index contributed by atoms with van der Waals surface area (Å²) in [7, 11) is 0. The van der Waals surface area contributed by atoms with Gasteiger partial charge in [-0.15, -0.1) is 17.7 Å². The Hall–Kier alpha value is -0.376. The Balaban J connectivity index is 0.000000845. The van der Waals surface area contributed by atoms with E-state index in [1.54, 1.807) is 0 Å². The van der Waals surface area contributed by atoms with E-state index in [9.17, 15) is 0 Å². The van der Waals surface area contributed by atoms with E-state index in [0.717, 1.165) is 12.0 Å². The number of fused-ring (bicyclic) bond motifs is 1. The molecule has 0 atom stereocenters. The van der Waals surface area contributed by atoms with Gasteiger partial charge in [0.1, 0.15) is 0 Å². The molecule has 0 spiro atoms. The van der Waals surface area contributed by atoms with Gasteiger partial charge in [-0.3, -0.25) is 5.92 Å². The van der Waals surface area contributed by atoms with Crippen LogP contribution in [0.15, 0.2) is 24.3 Å². The molecule has 61 valence electrons. The van der Waals surface area contributed by atoms with Crippen molar-refractivity contribution in [2.75, 3.05) is 0 Å². The molecule has 1 heteroatoms. The van der Waals surface area contributed by atoms with Crippen molar-refractivity contribution in [2.45, 2.75) is 13.3 Å². The van der Waals surface area contributed by atoms with E-state index in [1.807, 2.05) is 12.1 Å². The second kappa shape index (κ2) is 4.22. The molecule has 0 amide bonds. The maximum Gasteiger partial charge on any atom is 0 e. The molecule has 2 rings (SSSR count). The predicted octanol–water partition coefficient (Wildman–Crippen LogP) is 2.58. The van der Waals surface area contributed by atoms with Crippen molar-refractivity contribution in [1.82, 2.24) is 0 Å². The minimum absolute atomic E-state index is 0. The number of allylic oxidation sites excluding steroid dienone is 2. The van der Waals surface area contributed by atoms with E-state index < -0.39 is 0 Å². The summed E-state index contributed by atoms with van der Waals surface area (Å²) in [6.07, 6.45) is 10.3. The van der Waals surface area contributed by atoms with Crippen LogP contribution in [0.3, 0.4) is 0 Å². The van der Waals surface area contributed by atoms with Crippen molar-refractivity contribution in [3.63, 3.8) is 0 Å². The Morgan fingerprint density at radius 2 is 2.15 bits per heavy atom. The zero-order chi connectivity index (χ0) is 8.55. The summed E-state index contributed by atoms with van der Waals surface area (Å²) in [6.45, 7) is 2.11. The summed E-state index contributed by atoms with van der Waals surface area (Å²) < 4.78 is 0. The summed E-state index contributed by atoms with van der Waals surface area (Å²) in [5.74, 6) is 2.40. The maximum atomic E-state index is 7.00. The van der Waals surface area contributed by atoms with Crippen LogP contribution in [0.1, 0.15) is 23.6 Å². The molecule has 13 heavy (non-hydrogen) atoms. The van der Waals surface area contributed by atoms with Crippen molar-refractivity contribution in [1.29, 1.82) is 0 Å². The number of hydrogen-bond acceptors (Lipinski definition) is 0. The Bertz CT molecular complexity index is 394. The molecule has 0 unspecified atom stereocenters. The van der Waals surface area contributed by atoms with Gasteiger partial charge in [-0.05, 0) is 30.0 Å². The zero-order valence-corrected chi connectivity index (χ0v) is 10.4. The largest absolute Gasteiger partial charge is 0.366 e. The van der Waals surface area contributed by atoms with Gasteiger partial charge in [0.05, 0.1) is 0 Å². The van der Waals surface area contributed by atoms with E-state index in [-0.39, 0.29) is 32.7 Å². The fourth-order valence-electron chi connectivity index (χ4n) is 1.57. The second-order valence-corrected chi connectivity index (χ2v) is 3.09. The van der Waals surface area contributed by atoms with Crippen LogP contribution >= 0.6 is 0 Å². The van der Waals surface area contributed by atoms with Gasteiger partial charge in [-0.25, -0.2) is 0 Å². The molecule has 0 heterocycles. The Kier molecular flexibility index (Phi) is 3.48. The molecule has 0 aliphatic heterocycles. The van der Waals surface area contributed by atoms with Gasteiger partial charge in [-0.2, -0.15) is 0 Å². The Labute approximate surface area is 104 Å². The number of rotatable bonds is 0. The third-order valence-corrected chi connectivity index (χ3v) is 2.31. The molecule has 1 aliphatic rings. The van der Waals surface area contributed by atoms with Crippen LogP contribution in [-0.2, 0) is 39.1 Å². The third-order valence-electron chi connectivity index (χ3n) is 2.31. The van der Waals surface area contributed by atoms with Crippen molar-refractivity contribution in [3.8, 4) is 5.92 Å². The second-order valence-electron chi connectivity index (χ2n) is 3.09. The molecular formula is C12H9Y-. The van der Waals surface area contributed by atoms with Crippen LogP contribution in [0.4, 0.5) is 0 Å². The topological polar surface area (TPSA) is 0 Å². The molecule has 1 aliphatic carbocycles. The minimum atomic E-state index is 0. The first-order chi connectivity index (χ1) is 5.81. The molecule has 0 N–H and O–H groups in total. The van der Waals surface area contributed by atoms with Crippen molar-refractivity contribution >= 4 is 5.57 Å². The molecule has 0 saturated heterocycles. The van der Waals surface area contributed by atoms with Crippen LogP contribution in [0.2, 0.25) is 0 Å². The Morgan fingerprint density at radius 3 is 2.85 bits per heavy atom. The fraction of sp³-hybridized carbons (Fsp3) is 0.167. The van der Waals surface area contributed by atoms with Gasteiger partial charge < -0.3 is 6.42 Å². The molecule has 1 radical (unpaired) electrons. The van der Waals surface area contributed by atoms with Gasteiger partial charge in [0.15, 0.2) is 0 Å². The third kappa shape index (κ3) is 1.93. The first-order valence-corrected chi connectivity index (χ1v) is 4.04. The van der Waals surface area contributed by atoms with Crippen LogP contribution in [0, 0.1) is 12.3 Å². The number of hydrogen-bond donors (Lipinski definition) is 0. The van der Waals surface area contributed by atoms with Crippen molar-refractivity contribution < 1.29 is 32.7 Å². The SMILES string of the molecule is [C-]#Cc1ccc2c(c1)C(C)=CC2.[Y]. The van der Waals surface area contributed by atoms with Gasteiger partial charge >= 0.3 is 0 Å². The van der Waals surface area contributed by atoms with Gasteiger partial charge in [0, 0.05) is 32.7 Å². The average molecular weight is 242 g/mol. The van der Waals surface area contributed by atoms with Crippen molar-refractivity contribution in [3.05, 3.63) is 47.4 Å². The molecular weight excluding hydrogens is 233 g/mol. The Morgan fingerprint density at radius 1 is 1.38 bits per heavy atom. The molecule has 1 aromatic carbocycles. The molecule has 1 aromatic rings. The fourth-order valence-corrected chi connectivity index (χ4v) is 1.57. The predicted molar refractivity (Wildman–Crippen MR) is 50.0 cm³/mol. The van der Waals surface area contributed by atoms with Crippen LogP contribution in [0.25, 0.3) is 5.57 Å². The summed E-state index contributed by atoms with van der Waals surface area (Å²) in [4.78, 5) is 0. The normalized spacial score (nSPS) is 12.5. The standard InChI is InChI=1S/C12H9.Y/c1-3-10-5-7-11-6-4-9(2)12(11)8-10;/h4-5,7-8H,6H2,2H3;/q-1;. The molecule has 0 aromatic heterocycles. The van der Waals surface area contributed by atoms with Crippen LogP contribution in [-0.4, -0.2) is 0 Å². The molecule has 0 bridgehead atoms. The van der Waals surface area contributed by atoms with Crippen LogP contribution < -0.4 is 0 Å². The van der Waals surface area contributed by atoms with E-state index in [2.05, 4.69) is 25.0 Å². The van der Waals surface area contributed by atoms with Gasteiger partial charge in [-0.1, -0.05) is 12.1 Å². The summed E-state index contributed by atoms with van der Waals surface area (Å²) in [5, 5.41) is 0. The van der Waals surface area contributed by atoms with Crippen LogP contribution in [0.5, 0.6) is 0 Å². The maximum absolute atomic E-state index is 7.00. The van der Waals surface area contributed by atoms with E-state index in [4.69, 9.17) is 6.42 Å². The molecule has 0 nitrogen and oxygen atoms in total. The summed E-state index contributed by atoms with van der Waals surface area (Å²) in [5.41, 5.74) is 4.84. The van der Waals surface area contributed by atoms with E-state index in [0.29, 0.717) is 0 Å². The van der Waals surface area contributed by atoms with E-state index >= 15 is 0 Å². The first-order valence-electron chi connectivity index (χ1n) is 4.04. The smallest absolute Gasteiger partial charge is 0 e. The average Bonchev–Trinajstić information content (AvgIpc) is 2.47. The van der Waals surface area contributed by atoms with Gasteiger partial charge in [0.2, 0.25) is 0 Å². The number of benzene rings is 1. The summed E-state index contributed by atoms with van der Waals surface area (Å²) in [6, 6.07) is 6.05. The van der Waals surface area contributed by atoms with Crippen molar-refractivity contribution in [2.24, 2.45) is 0 Å². The van der Waals surface area contributed by atoms with E-state index in [1.165, 1.54) is 16.7 Å². The first kappa shape index (κ1) is 10.7. The van der Waals surface area contributed by atoms with Gasteiger partial charge in [0.25, 0.3) is 0 Å². The monoisotopic (exact) mass is 242 g/mol. The molecule has 0 saturated carbocycles. The summed E-state index contributed by atoms with van der Waals surface area (Å²) >= 11 is 0. The molecule has 0 fully saturated rings. The minimum Gasteiger partial charge on any atom is -0.366 e. The quantitative estimate of drug-likeness (QED) is 0.484.